The summed E-state index contributed by atoms with van der Waals surface area (Å²) in [5, 5.41) is 0. The molecule has 0 atom stereocenters. The number of hydrogen-bond acceptors (Lipinski definition) is 3. The summed E-state index contributed by atoms with van der Waals surface area (Å²) in [6.07, 6.45) is 2.49. The van der Waals surface area contributed by atoms with Gasteiger partial charge in [-0.3, -0.25) is 4.79 Å². The van der Waals surface area contributed by atoms with E-state index in [4.69, 9.17) is 0 Å². The lowest BCUT2D eigenvalue weighted by atomic mass is 9.96. The van der Waals surface area contributed by atoms with Gasteiger partial charge in [-0.15, -0.1) is 0 Å². The Morgan fingerprint density at radius 3 is 1.69 bits per heavy atom. The molecule has 1 amide bonds. The number of rotatable bonds is 10. The number of aryl methyl sites for hydroxylation is 1. The van der Waals surface area contributed by atoms with Crippen molar-refractivity contribution in [1.82, 2.24) is 9.21 Å². The molecule has 0 spiro atoms. The number of piperidine rings is 1. The average Bonchev–Trinajstić information content (AvgIpc) is 2.90. The zero-order chi connectivity index (χ0) is 24.5. The van der Waals surface area contributed by atoms with Crippen LogP contribution in [0.25, 0.3) is 0 Å². The summed E-state index contributed by atoms with van der Waals surface area (Å²) in [5.41, 5.74) is 3.34. The Kier molecular flexibility index (Phi) is 8.72. The van der Waals surface area contributed by atoms with Crippen molar-refractivity contribution < 1.29 is 13.2 Å². The Morgan fingerprint density at radius 2 is 1.20 bits per heavy atom. The molecule has 35 heavy (non-hydrogen) atoms. The molecule has 4 rings (SSSR count). The maximum Gasteiger partial charge on any atom is 0.226 e. The molecule has 0 bridgehead atoms. The zero-order valence-electron chi connectivity index (χ0n) is 20.1. The van der Waals surface area contributed by atoms with Gasteiger partial charge in [-0.05, 0) is 42.4 Å². The van der Waals surface area contributed by atoms with Crippen molar-refractivity contribution in [2.24, 2.45) is 5.92 Å². The second kappa shape index (κ2) is 12.1. The van der Waals surface area contributed by atoms with Crippen molar-refractivity contribution in [2.75, 3.05) is 18.8 Å². The molecule has 0 aliphatic carbocycles. The highest BCUT2D eigenvalue weighted by Gasteiger charge is 2.33. The molecule has 0 radical (unpaired) electrons. The van der Waals surface area contributed by atoms with E-state index in [1.54, 1.807) is 4.31 Å². The standard InChI is InChI=1S/C29H34N2O3S/c32-29(30(23-26-13-6-2-7-14-26)24-27-15-8-3-9-16-27)28-18-20-31(21-19-28)35(33,34)22-10-17-25-11-4-1-5-12-25/h1-9,11-16,28H,10,17-24H2. The number of amides is 1. The van der Waals surface area contributed by atoms with Crippen molar-refractivity contribution in [3.63, 3.8) is 0 Å². The van der Waals surface area contributed by atoms with Crippen LogP contribution in [0.1, 0.15) is 36.0 Å². The molecule has 1 fully saturated rings. The first-order chi connectivity index (χ1) is 17.0. The molecule has 1 aliphatic rings. The number of sulfonamides is 1. The molecular formula is C29H34N2O3S. The molecule has 5 nitrogen and oxygen atoms in total. The monoisotopic (exact) mass is 490 g/mol. The molecule has 3 aromatic rings. The zero-order valence-corrected chi connectivity index (χ0v) is 20.9. The minimum atomic E-state index is -3.31. The van der Waals surface area contributed by atoms with Crippen molar-refractivity contribution in [3.05, 3.63) is 108 Å². The maximum atomic E-state index is 13.6. The Morgan fingerprint density at radius 1 is 0.743 bits per heavy atom. The molecule has 0 unspecified atom stereocenters. The van der Waals surface area contributed by atoms with E-state index < -0.39 is 10.0 Å². The number of benzene rings is 3. The van der Waals surface area contributed by atoms with E-state index in [0.29, 0.717) is 45.4 Å². The predicted molar refractivity (Wildman–Crippen MR) is 140 cm³/mol. The van der Waals surface area contributed by atoms with E-state index in [9.17, 15) is 13.2 Å². The lowest BCUT2D eigenvalue weighted by molar-refractivity contribution is -0.138. The van der Waals surface area contributed by atoms with E-state index >= 15 is 0 Å². The van der Waals surface area contributed by atoms with Crippen LogP contribution in [0.3, 0.4) is 0 Å². The van der Waals surface area contributed by atoms with Gasteiger partial charge in [-0.2, -0.15) is 0 Å². The summed E-state index contributed by atoms with van der Waals surface area (Å²) < 4.78 is 27.4. The molecule has 3 aromatic carbocycles. The quantitative estimate of drug-likeness (QED) is 0.407. The van der Waals surface area contributed by atoms with Crippen molar-refractivity contribution in [2.45, 2.75) is 38.8 Å². The fraction of sp³-hybridized carbons (Fsp3) is 0.345. The Labute approximate surface area is 209 Å². The van der Waals surface area contributed by atoms with E-state index in [1.165, 1.54) is 0 Å². The fourth-order valence-corrected chi connectivity index (χ4v) is 6.23. The van der Waals surface area contributed by atoms with Gasteiger partial charge in [0.25, 0.3) is 0 Å². The third-order valence-electron chi connectivity index (χ3n) is 6.65. The van der Waals surface area contributed by atoms with E-state index in [-0.39, 0.29) is 17.6 Å². The van der Waals surface area contributed by atoms with Crippen LogP contribution >= 0.6 is 0 Å². The summed E-state index contributed by atoms with van der Waals surface area (Å²) in [6.45, 7) is 1.92. The first-order valence-electron chi connectivity index (χ1n) is 12.4. The molecule has 184 valence electrons. The van der Waals surface area contributed by atoms with Crippen LogP contribution in [0, 0.1) is 5.92 Å². The van der Waals surface area contributed by atoms with Gasteiger partial charge < -0.3 is 4.90 Å². The number of carbonyl (C=O) groups is 1. The highest BCUT2D eigenvalue weighted by atomic mass is 32.2. The van der Waals surface area contributed by atoms with E-state index in [0.717, 1.165) is 23.1 Å². The van der Waals surface area contributed by atoms with E-state index in [2.05, 4.69) is 0 Å². The van der Waals surface area contributed by atoms with E-state index in [1.807, 2.05) is 95.9 Å². The first kappa shape index (κ1) is 25.1. The van der Waals surface area contributed by atoms with Crippen LogP contribution in [0.5, 0.6) is 0 Å². The fourth-order valence-electron chi connectivity index (χ4n) is 4.69. The van der Waals surface area contributed by atoms with Gasteiger partial charge in [0.15, 0.2) is 0 Å². The SMILES string of the molecule is O=C(C1CCN(S(=O)(=O)CCCc2ccccc2)CC1)N(Cc1ccccc1)Cc1ccccc1. The highest BCUT2D eigenvalue weighted by molar-refractivity contribution is 7.89. The maximum absolute atomic E-state index is 13.6. The Balaban J connectivity index is 1.34. The van der Waals surface area contributed by atoms with Crippen molar-refractivity contribution >= 4 is 15.9 Å². The largest absolute Gasteiger partial charge is 0.334 e. The van der Waals surface area contributed by atoms with Gasteiger partial charge in [0.1, 0.15) is 0 Å². The molecule has 0 N–H and O–H groups in total. The molecule has 1 saturated heterocycles. The Hall–Kier alpha value is -2.96. The smallest absolute Gasteiger partial charge is 0.226 e. The third-order valence-corrected chi connectivity index (χ3v) is 8.61. The van der Waals surface area contributed by atoms with Gasteiger partial charge in [0, 0.05) is 32.1 Å². The van der Waals surface area contributed by atoms with Crippen LogP contribution in [-0.2, 0) is 34.3 Å². The summed E-state index contributed by atoms with van der Waals surface area (Å²) >= 11 is 0. The predicted octanol–water partition coefficient (Wildman–Crippen LogP) is 4.89. The topological polar surface area (TPSA) is 57.7 Å². The molecular weight excluding hydrogens is 456 g/mol. The van der Waals surface area contributed by atoms with Crippen molar-refractivity contribution in [1.29, 1.82) is 0 Å². The molecule has 0 aromatic heterocycles. The molecule has 6 heteroatoms. The Bertz CT molecular complexity index is 1120. The van der Waals surface area contributed by atoms with Crippen LogP contribution in [0.4, 0.5) is 0 Å². The normalized spacial score (nSPS) is 15.1. The van der Waals surface area contributed by atoms with Gasteiger partial charge in [-0.1, -0.05) is 91.0 Å². The highest BCUT2D eigenvalue weighted by Crippen LogP contribution is 2.24. The van der Waals surface area contributed by atoms with Gasteiger partial charge in [0.05, 0.1) is 5.75 Å². The number of nitrogens with zero attached hydrogens (tertiary/aromatic N) is 2. The minimum Gasteiger partial charge on any atom is -0.334 e. The minimum absolute atomic E-state index is 0.110. The number of hydrogen-bond donors (Lipinski definition) is 0. The number of carbonyl (C=O) groups excluding carboxylic acids is 1. The van der Waals surface area contributed by atoms with Crippen LogP contribution in [-0.4, -0.2) is 42.4 Å². The summed E-state index contributed by atoms with van der Waals surface area (Å²) in [7, 11) is -3.31. The van der Waals surface area contributed by atoms with Crippen molar-refractivity contribution in [3.8, 4) is 0 Å². The molecule has 1 heterocycles. The summed E-state index contributed by atoms with van der Waals surface area (Å²) in [4.78, 5) is 15.5. The second-order valence-corrected chi connectivity index (χ2v) is 11.3. The van der Waals surface area contributed by atoms with Crippen LogP contribution in [0.15, 0.2) is 91.0 Å². The summed E-state index contributed by atoms with van der Waals surface area (Å²) in [6, 6.07) is 30.0. The lowest BCUT2D eigenvalue weighted by Crippen LogP contribution is -2.44. The molecule has 0 saturated carbocycles. The second-order valence-electron chi connectivity index (χ2n) is 9.24. The van der Waals surface area contributed by atoms with Crippen LogP contribution in [0.2, 0.25) is 0 Å². The average molecular weight is 491 g/mol. The first-order valence-corrected chi connectivity index (χ1v) is 14.0. The molecule has 1 aliphatic heterocycles. The van der Waals surface area contributed by atoms with Crippen LogP contribution < -0.4 is 0 Å². The summed E-state index contributed by atoms with van der Waals surface area (Å²) in [5.74, 6) is 0.103. The van der Waals surface area contributed by atoms with Gasteiger partial charge in [0.2, 0.25) is 15.9 Å². The van der Waals surface area contributed by atoms with Gasteiger partial charge >= 0.3 is 0 Å². The lowest BCUT2D eigenvalue weighted by Gasteiger charge is -2.34. The third kappa shape index (κ3) is 7.26. The van der Waals surface area contributed by atoms with Gasteiger partial charge in [-0.25, -0.2) is 12.7 Å².